The van der Waals surface area contributed by atoms with Gasteiger partial charge in [-0.3, -0.25) is 4.79 Å². The van der Waals surface area contributed by atoms with E-state index in [0.717, 1.165) is 6.07 Å². The number of halogens is 1. The van der Waals surface area contributed by atoms with Crippen molar-refractivity contribution in [3.63, 3.8) is 0 Å². The van der Waals surface area contributed by atoms with Crippen molar-refractivity contribution in [3.05, 3.63) is 29.3 Å². The molecule has 0 aromatic carbocycles. The molecule has 0 unspecified atom stereocenters. The maximum absolute atomic E-state index is 12.9. The number of hydrogen-bond acceptors (Lipinski definition) is 3. The van der Waals surface area contributed by atoms with Crippen molar-refractivity contribution in [1.29, 1.82) is 5.26 Å². The smallest absolute Gasteiger partial charge is 0.207 e. The minimum Gasteiger partial charge on any atom is -0.358 e. The van der Waals surface area contributed by atoms with Crippen LogP contribution >= 0.6 is 0 Å². The number of carbonyl (C=O) groups excluding carboxylic acids is 1. The van der Waals surface area contributed by atoms with Crippen LogP contribution in [0.15, 0.2) is 12.1 Å². The van der Waals surface area contributed by atoms with E-state index in [4.69, 9.17) is 5.26 Å². The first kappa shape index (κ1) is 11.7. The average molecular weight is 217 g/mol. The largest absolute Gasteiger partial charge is 0.358 e. The zero-order valence-electron chi connectivity index (χ0n) is 8.33. The van der Waals surface area contributed by atoms with E-state index in [-0.39, 0.29) is 5.69 Å². The molecule has 0 aliphatic carbocycles. The molecule has 5 heteroatoms. The Labute approximate surface area is 92.1 Å². The number of pyridine rings is 1. The highest BCUT2D eigenvalue weighted by molar-refractivity contribution is 5.45. The summed E-state index contributed by atoms with van der Waals surface area (Å²) in [5.74, 6) is 4.76. The third-order valence-corrected chi connectivity index (χ3v) is 1.65. The average Bonchev–Trinajstić information content (AvgIpc) is 2.31. The van der Waals surface area contributed by atoms with Gasteiger partial charge in [0.15, 0.2) is 11.5 Å². The molecule has 0 saturated heterocycles. The molecule has 0 bridgehead atoms. The van der Waals surface area contributed by atoms with E-state index in [2.05, 4.69) is 22.1 Å². The third-order valence-electron chi connectivity index (χ3n) is 1.65. The van der Waals surface area contributed by atoms with E-state index in [1.165, 1.54) is 6.07 Å². The maximum Gasteiger partial charge on any atom is 0.207 e. The standard InChI is InChI=1S/C11H8FN3O/c12-10-5-4-9(15-11(10)7-13)3-1-2-6-14-8-16/h4-5,8H,2,6H2,(H,14,16). The van der Waals surface area contributed by atoms with Gasteiger partial charge in [-0.15, -0.1) is 0 Å². The second-order valence-electron chi connectivity index (χ2n) is 2.76. The van der Waals surface area contributed by atoms with Gasteiger partial charge in [-0.05, 0) is 18.1 Å². The lowest BCUT2D eigenvalue weighted by Crippen LogP contribution is -2.10. The molecular formula is C11H8FN3O. The van der Waals surface area contributed by atoms with Crippen molar-refractivity contribution in [1.82, 2.24) is 10.3 Å². The molecule has 0 fully saturated rings. The second kappa shape index (κ2) is 6.15. The minimum atomic E-state index is -0.657. The first-order chi connectivity index (χ1) is 7.77. The van der Waals surface area contributed by atoms with Gasteiger partial charge in [0.2, 0.25) is 6.41 Å². The van der Waals surface area contributed by atoms with E-state index in [1.807, 2.05) is 0 Å². The molecule has 1 heterocycles. The Morgan fingerprint density at radius 3 is 3.06 bits per heavy atom. The molecule has 1 rings (SSSR count). The Morgan fingerprint density at radius 2 is 2.38 bits per heavy atom. The van der Waals surface area contributed by atoms with Crippen LogP contribution in [0.1, 0.15) is 17.8 Å². The van der Waals surface area contributed by atoms with Crippen molar-refractivity contribution < 1.29 is 9.18 Å². The number of rotatable bonds is 3. The van der Waals surface area contributed by atoms with Gasteiger partial charge in [0.25, 0.3) is 0 Å². The number of carbonyl (C=O) groups is 1. The first-order valence-electron chi connectivity index (χ1n) is 4.50. The van der Waals surface area contributed by atoms with Gasteiger partial charge in [-0.2, -0.15) is 5.26 Å². The lowest BCUT2D eigenvalue weighted by molar-refractivity contribution is -0.109. The Morgan fingerprint density at radius 1 is 1.56 bits per heavy atom. The van der Waals surface area contributed by atoms with Crippen LogP contribution in [0, 0.1) is 29.0 Å². The molecule has 1 N–H and O–H groups in total. The summed E-state index contributed by atoms with van der Waals surface area (Å²) in [6.45, 7) is 0.447. The number of aromatic nitrogens is 1. The molecule has 0 aliphatic rings. The predicted octanol–water partition coefficient (Wildman–Crippen LogP) is 0.580. The zero-order chi connectivity index (χ0) is 11.8. The van der Waals surface area contributed by atoms with E-state index in [0.29, 0.717) is 25.1 Å². The fourth-order valence-electron chi connectivity index (χ4n) is 0.937. The number of amides is 1. The summed E-state index contributed by atoms with van der Waals surface area (Å²) in [6.07, 6.45) is 1.06. The van der Waals surface area contributed by atoms with Crippen LogP contribution in [0.3, 0.4) is 0 Å². The van der Waals surface area contributed by atoms with Crippen LogP contribution in [0.4, 0.5) is 4.39 Å². The van der Waals surface area contributed by atoms with Crippen molar-refractivity contribution in [2.45, 2.75) is 6.42 Å². The second-order valence-corrected chi connectivity index (χ2v) is 2.76. The van der Waals surface area contributed by atoms with Crippen LogP contribution in [0.25, 0.3) is 0 Å². The van der Waals surface area contributed by atoms with E-state index < -0.39 is 5.82 Å². The summed E-state index contributed by atoms with van der Waals surface area (Å²) in [7, 11) is 0. The van der Waals surface area contributed by atoms with Gasteiger partial charge in [-0.1, -0.05) is 5.92 Å². The third kappa shape index (κ3) is 3.39. The van der Waals surface area contributed by atoms with Crippen molar-refractivity contribution in [3.8, 4) is 17.9 Å². The molecule has 1 amide bonds. The Kier molecular flexibility index (Phi) is 4.49. The number of nitriles is 1. The van der Waals surface area contributed by atoms with E-state index in [9.17, 15) is 9.18 Å². The van der Waals surface area contributed by atoms with Gasteiger partial charge in [-0.25, -0.2) is 9.37 Å². The van der Waals surface area contributed by atoms with Gasteiger partial charge in [0.05, 0.1) is 0 Å². The minimum absolute atomic E-state index is 0.266. The van der Waals surface area contributed by atoms with E-state index in [1.54, 1.807) is 6.07 Å². The van der Waals surface area contributed by atoms with Crippen LogP contribution in [0.5, 0.6) is 0 Å². The van der Waals surface area contributed by atoms with Gasteiger partial charge in [0.1, 0.15) is 11.8 Å². The SMILES string of the molecule is N#Cc1nc(C#CCCNC=O)ccc1F. The van der Waals surface area contributed by atoms with Gasteiger partial charge in [0, 0.05) is 13.0 Å². The number of nitrogens with one attached hydrogen (secondary N) is 1. The quantitative estimate of drug-likeness (QED) is 0.457. The van der Waals surface area contributed by atoms with Gasteiger partial charge < -0.3 is 5.32 Å². The predicted molar refractivity (Wildman–Crippen MR) is 54.5 cm³/mol. The highest BCUT2D eigenvalue weighted by atomic mass is 19.1. The van der Waals surface area contributed by atoms with Gasteiger partial charge >= 0.3 is 0 Å². The molecule has 4 nitrogen and oxygen atoms in total. The van der Waals surface area contributed by atoms with Crippen LogP contribution in [-0.2, 0) is 4.79 Å². The summed E-state index contributed by atoms with van der Waals surface area (Å²) in [4.78, 5) is 13.6. The lowest BCUT2D eigenvalue weighted by atomic mass is 10.3. The highest BCUT2D eigenvalue weighted by Gasteiger charge is 2.01. The number of nitrogens with zero attached hydrogens (tertiary/aromatic N) is 2. The molecular weight excluding hydrogens is 209 g/mol. The Bertz CT molecular complexity index is 482. The topological polar surface area (TPSA) is 65.8 Å². The monoisotopic (exact) mass is 217 g/mol. The molecule has 16 heavy (non-hydrogen) atoms. The summed E-state index contributed by atoms with van der Waals surface area (Å²) in [5.41, 5.74) is 0.0712. The van der Waals surface area contributed by atoms with E-state index >= 15 is 0 Å². The molecule has 0 spiro atoms. The van der Waals surface area contributed by atoms with Crippen LogP contribution < -0.4 is 5.32 Å². The highest BCUT2D eigenvalue weighted by Crippen LogP contribution is 2.03. The summed E-state index contributed by atoms with van der Waals surface area (Å²) in [5, 5.41) is 11.0. The lowest BCUT2D eigenvalue weighted by Gasteiger charge is -1.93. The molecule has 1 aromatic heterocycles. The maximum atomic E-state index is 12.9. The normalized spacial score (nSPS) is 8.50. The molecule has 80 valence electrons. The summed E-state index contributed by atoms with van der Waals surface area (Å²) in [6, 6.07) is 4.18. The number of hydrogen-bond donors (Lipinski definition) is 1. The Balaban J connectivity index is 2.67. The fourth-order valence-corrected chi connectivity index (χ4v) is 0.937. The first-order valence-corrected chi connectivity index (χ1v) is 4.50. The van der Waals surface area contributed by atoms with Crippen LogP contribution in [0.2, 0.25) is 0 Å². The molecule has 0 aliphatic heterocycles. The molecule has 0 radical (unpaired) electrons. The zero-order valence-corrected chi connectivity index (χ0v) is 8.33. The van der Waals surface area contributed by atoms with Crippen molar-refractivity contribution in [2.24, 2.45) is 0 Å². The van der Waals surface area contributed by atoms with Crippen molar-refractivity contribution in [2.75, 3.05) is 6.54 Å². The Hall–Kier alpha value is -2.40. The fraction of sp³-hybridized carbons (Fsp3) is 0.182. The van der Waals surface area contributed by atoms with Crippen LogP contribution in [-0.4, -0.2) is 17.9 Å². The molecule has 0 saturated carbocycles. The molecule has 1 aromatic rings. The summed E-state index contributed by atoms with van der Waals surface area (Å²) < 4.78 is 12.9. The van der Waals surface area contributed by atoms with Crippen molar-refractivity contribution >= 4 is 6.41 Å². The molecule has 0 atom stereocenters. The summed E-state index contributed by atoms with van der Waals surface area (Å²) >= 11 is 0.